The summed E-state index contributed by atoms with van der Waals surface area (Å²) in [5.74, 6) is 0.706. The SMILES string of the molecule is CC1CN(S(=O)(=O)CCNC(=NCc2ccccc2)N(C)C)CC(C)O1. The summed E-state index contributed by atoms with van der Waals surface area (Å²) in [6, 6.07) is 9.95. The number of guanidine groups is 1. The molecule has 7 nitrogen and oxygen atoms in total. The zero-order valence-corrected chi connectivity index (χ0v) is 16.9. The Morgan fingerprint density at radius 2 is 1.85 bits per heavy atom. The van der Waals surface area contributed by atoms with Gasteiger partial charge in [-0.1, -0.05) is 30.3 Å². The number of ether oxygens (including phenoxy) is 1. The van der Waals surface area contributed by atoms with Gasteiger partial charge in [0, 0.05) is 33.7 Å². The Bertz CT molecular complexity index is 682. The normalized spacial score (nSPS) is 22.2. The molecule has 2 unspecified atom stereocenters. The van der Waals surface area contributed by atoms with Gasteiger partial charge in [-0.25, -0.2) is 13.4 Å². The molecular weight excluding hydrogens is 352 g/mol. The van der Waals surface area contributed by atoms with E-state index in [4.69, 9.17) is 4.74 Å². The molecular formula is C18H30N4O3S. The Balaban J connectivity index is 1.90. The van der Waals surface area contributed by atoms with E-state index in [2.05, 4.69) is 10.3 Å². The fourth-order valence-electron chi connectivity index (χ4n) is 2.88. The minimum Gasteiger partial charge on any atom is -0.373 e. The smallest absolute Gasteiger partial charge is 0.216 e. The molecule has 0 aromatic heterocycles. The highest BCUT2D eigenvalue weighted by molar-refractivity contribution is 7.89. The molecule has 1 fully saturated rings. The van der Waals surface area contributed by atoms with Gasteiger partial charge in [0.2, 0.25) is 10.0 Å². The number of rotatable bonds is 6. The van der Waals surface area contributed by atoms with Crippen molar-refractivity contribution >= 4 is 16.0 Å². The predicted molar refractivity (Wildman–Crippen MR) is 105 cm³/mol. The van der Waals surface area contributed by atoms with Gasteiger partial charge >= 0.3 is 0 Å². The van der Waals surface area contributed by atoms with Crippen LogP contribution in [0.25, 0.3) is 0 Å². The van der Waals surface area contributed by atoms with Crippen LogP contribution < -0.4 is 5.32 Å². The first-order chi connectivity index (χ1) is 12.3. The Morgan fingerprint density at radius 3 is 2.42 bits per heavy atom. The van der Waals surface area contributed by atoms with E-state index in [1.165, 1.54) is 4.31 Å². The van der Waals surface area contributed by atoms with Crippen molar-refractivity contribution in [2.45, 2.75) is 32.6 Å². The number of nitrogens with one attached hydrogen (secondary N) is 1. The second kappa shape index (κ2) is 9.34. The van der Waals surface area contributed by atoms with E-state index in [0.29, 0.717) is 32.1 Å². The van der Waals surface area contributed by atoms with E-state index in [1.54, 1.807) is 0 Å². The average molecular weight is 383 g/mol. The molecule has 1 aliphatic heterocycles. The number of benzene rings is 1. The molecule has 2 atom stereocenters. The monoisotopic (exact) mass is 382 g/mol. The van der Waals surface area contributed by atoms with E-state index in [0.717, 1.165) is 5.56 Å². The molecule has 1 aliphatic rings. The molecule has 0 aliphatic carbocycles. The Labute approximate surface area is 157 Å². The molecule has 1 aromatic carbocycles. The van der Waals surface area contributed by atoms with Crippen LogP contribution in [0.4, 0.5) is 0 Å². The summed E-state index contributed by atoms with van der Waals surface area (Å²) in [4.78, 5) is 6.41. The van der Waals surface area contributed by atoms with Gasteiger partial charge < -0.3 is 15.0 Å². The third-order valence-corrected chi connectivity index (χ3v) is 5.91. The Hall–Kier alpha value is -1.64. The first-order valence-corrected chi connectivity index (χ1v) is 10.5. The molecule has 0 spiro atoms. The van der Waals surface area contributed by atoms with Crippen molar-refractivity contribution in [3.63, 3.8) is 0 Å². The van der Waals surface area contributed by atoms with E-state index in [1.807, 2.05) is 63.2 Å². The summed E-state index contributed by atoms with van der Waals surface area (Å²) in [5, 5.41) is 3.15. The number of hydrogen-bond acceptors (Lipinski definition) is 4. The van der Waals surface area contributed by atoms with E-state index in [-0.39, 0.29) is 18.0 Å². The topological polar surface area (TPSA) is 74.2 Å². The molecule has 1 saturated heterocycles. The van der Waals surface area contributed by atoms with E-state index >= 15 is 0 Å². The molecule has 0 radical (unpaired) electrons. The van der Waals surface area contributed by atoms with Gasteiger partial charge in [0.25, 0.3) is 0 Å². The maximum absolute atomic E-state index is 12.6. The molecule has 1 aromatic rings. The maximum atomic E-state index is 12.6. The summed E-state index contributed by atoms with van der Waals surface area (Å²) >= 11 is 0. The van der Waals surface area contributed by atoms with Crippen LogP contribution in [-0.4, -0.2) is 75.3 Å². The van der Waals surface area contributed by atoms with Crippen molar-refractivity contribution in [2.24, 2.45) is 4.99 Å². The highest BCUT2D eigenvalue weighted by Crippen LogP contribution is 2.14. The van der Waals surface area contributed by atoms with Crippen molar-refractivity contribution in [3.8, 4) is 0 Å². The first kappa shape index (κ1) is 20.7. The minimum absolute atomic E-state index is 0.0324. The highest BCUT2D eigenvalue weighted by Gasteiger charge is 2.30. The number of morpholine rings is 1. The fourth-order valence-corrected chi connectivity index (χ4v) is 4.38. The quantitative estimate of drug-likeness (QED) is 0.590. The van der Waals surface area contributed by atoms with Crippen LogP contribution in [0.1, 0.15) is 19.4 Å². The molecule has 1 N–H and O–H groups in total. The molecule has 0 bridgehead atoms. The number of hydrogen-bond donors (Lipinski definition) is 1. The summed E-state index contributed by atoms with van der Waals surface area (Å²) in [7, 11) is 0.451. The van der Waals surface area contributed by atoms with Crippen LogP contribution in [0, 0.1) is 0 Å². The number of nitrogens with zero attached hydrogens (tertiary/aromatic N) is 3. The number of aliphatic imine (C=N–C) groups is 1. The molecule has 0 saturated carbocycles. The summed E-state index contributed by atoms with van der Waals surface area (Å²) in [5.41, 5.74) is 1.11. The molecule has 26 heavy (non-hydrogen) atoms. The van der Waals surface area contributed by atoms with Crippen molar-refractivity contribution < 1.29 is 13.2 Å². The lowest BCUT2D eigenvalue weighted by molar-refractivity contribution is -0.0440. The molecule has 1 heterocycles. The van der Waals surface area contributed by atoms with Gasteiger partial charge in [-0.2, -0.15) is 4.31 Å². The average Bonchev–Trinajstić information content (AvgIpc) is 2.57. The van der Waals surface area contributed by atoms with Gasteiger partial charge in [0.15, 0.2) is 5.96 Å². The standard InChI is InChI=1S/C18H30N4O3S/c1-15-13-22(14-16(2)25-15)26(23,24)11-10-19-18(21(3)4)20-12-17-8-6-5-7-9-17/h5-9,15-16H,10-14H2,1-4H3,(H,19,20). The number of sulfonamides is 1. The van der Waals surface area contributed by atoms with Crippen LogP contribution in [-0.2, 0) is 21.3 Å². The van der Waals surface area contributed by atoms with Crippen molar-refractivity contribution in [3.05, 3.63) is 35.9 Å². The lowest BCUT2D eigenvalue weighted by atomic mass is 10.2. The van der Waals surface area contributed by atoms with Crippen LogP contribution in [0.2, 0.25) is 0 Å². The van der Waals surface area contributed by atoms with Crippen molar-refractivity contribution in [1.29, 1.82) is 0 Å². The van der Waals surface area contributed by atoms with Gasteiger partial charge in [0.05, 0.1) is 24.5 Å². The van der Waals surface area contributed by atoms with Crippen LogP contribution in [0.5, 0.6) is 0 Å². The lowest BCUT2D eigenvalue weighted by Gasteiger charge is -2.34. The van der Waals surface area contributed by atoms with Crippen LogP contribution in [0.3, 0.4) is 0 Å². The van der Waals surface area contributed by atoms with Gasteiger partial charge in [-0.05, 0) is 19.4 Å². The van der Waals surface area contributed by atoms with Crippen molar-refractivity contribution in [1.82, 2.24) is 14.5 Å². The molecule has 8 heteroatoms. The Kier molecular flexibility index (Phi) is 7.43. The zero-order valence-electron chi connectivity index (χ0n) is 16.1. The molecule has 146 valence electrons. The molecule has 0 amide bonds. The highest BCUT2D eigenvalue weighted by atomic mass is 32.2. The van der Waals surface area contributed by atoms with Gasteiger partial charge in [0.1, 0.15) is 0 Å². The van der Waals surface area contributed by atoms with Crippen molar-refractivity contribution in [2.75, 3.05) is 39.5 Å². The fraction of sp³-hybridized carbons (Fsp3) is 0.611. The zero-order chi connectivity index (χ0) is 19.2. The molecule has 2 rings (SSSR count). The van der Waals surface area contributed by atoms with Crippen LogP contribution in [0.15, 0.2) is 35.3 Å². The van der Waals surface area contributed by atoms with Crippen LogP contribution >= 0.6 is 0 Å². The second-order valence-electron chi connectivity index (χ2n) is 6.84. The maximum Gasteiger partial charge on any atom is 0.216 e. The minimum atomic E-state index is -3.32. The largest absolute Gasteiger partial charge is 0.373 e. The lowest BCUT2D eigenvalue weighted by Crippen LogP contribution is -2.50. The Morgan fingerprint density at radius 1 is 1.23 bits per heavy atom. The summed E-state index contributed by atoms with van der Waals surface area (Å²) < 4.78 is 32.3. The van der Waals surface area contributed by atoms with Gasteiger partial charge in [-0.3, -0.25) is 0 Å². The third kappa shape index (κ3) is 6.26. The second-order valence-corrected chi connectivity index (χ2v) is 8.93. The van der Waals surface area contributed by atoms with E-state index in [9.17, 15) is 8.42 Å². The third-order valence-electron chi connectivity index (χ3n) is 4.10. The van der Waals surface area contributed by atoms with Gasteiger partial charge in [-0.15, -0.1) is 0 Å². The summed E-state index contributed by atoms with van der Waals surface area (Å²) in [6.45, 7) is 5.49. The van der Waals surface area contributed by atoms with E-state index < -0.39 is 10.0 Å². The summed E-state index contributed by atoms with van der Waals surface area (Å²) in [6.07, 6.45) is -0.155. The predicted octanol–water partition coefficient (Wildman–Crippen LogP) is 1.13. The first-order valence-electron chi connectivity index (χ1n) is 8.91.